The Balaban J connectivity index is 2.27. The lowest BCUT2D eigenvalue weighted by molar-refractivity contribution is -0.148. The fourth-order valence-corrected chi connectivity index (χ4v) is 2.60. The van der Waals surface area contributed by atoms with Gasteiger partial charge in [0.15, 0.2) is 0 Å². The third-order valence-corrected chi connectivity index (χ3v) is 3.79. The van der Waals surface area contributed by atoms with Crippen LogP contribution in [0.15, 0.2) is 60.3 Å². The molecule has 2 aromatic rings. The molecule has 0 aliphatic rings. The highest BCUT2D eigenvalue weighted by molar-refractivity contribution is 5.83. The van der Waals surface area contributed by atoms with E-state index < -0.39 is 23.2 Å². The normalized spacial score (nSPS) is 13.2. The van der Waals surface area contributed by atoms with Crippen LogP contribution in [0.4, 0.5) is 8.78 Å². The molecule has 3 nitrogen and oxygen atoms in total. The molecule has 2 rings (SSSR count). The van der Waals surface area contributed by atoms with Crippen LogP contribution in [0.1, 0.15) is 44.9 Å². The standard InChI is InChI=1S/C22H25F2NO2/c1-15(16-8-6-5-7-9-16)25-19(14-21(26)27-22(2,3)4)13-17-12-18(23)10-11-20(17)24/h5-12,14-15,25H,13H2,1-4H3/b19-14-/t15-/m1/s1. The van der Waals surface area contributed by atoms with Gasteiger partial charge < -0.3 is 10.1 Å². The molecule has 0 unspecified atom stereocenters. The highest BCUT2D eigenvalue weighted by Gasteiger charge is 2.17. The molecule has 0 saturated carbocycles. The first-order valence-electron chi connectivity index (χ1n) is 8.83. The molecule has 2 aromatic carbocycles. The van der Waals surface area contributed by atoms with E-state index in [0.29, 0.717) is 5.70 Å². The van der Waals surface area contributed by atoms with Gasteiger partial charge in [-0.2, -0.15) is 0 Å². The third kappa shape index (κ3) is 6.85. The zero-order valence-electron chi connectivity index (χ0n) is 16.1. The average molecular weight is 373 g/mol. The van der Waals surface area contributed by atoms with E-state index >= 15 is 0 Å². The van der Waals surface area contributed by atoms with E-state index in [1.165, 1.54) is 6.08 Å². The first-order chi connectivity index (χ1) is 12.6. The minimum Gasteiger partial charge on any atom is -0.457 e. The second kappa shape index (κ2) is 8.80. The Bertz CT molecular complexity index is 811. The third-order valence-electron chi connectivity index (χ3n) is 3.79. The van der Waals surface area contributed by atoms with E-state index in [0.717, 1.165) is 23.8 Å². The molecule has 0 fully saturated rings. The Labute approximate surface area is 159 Å². The number of nitrogens with one attached hydrogen (secondary N) is 1. The van der Waals surface area contributed by atoms with Crippen LogP contribution in [-0.4, -0.2) is 11.6 Å². The molecule has 0 saturated heterocycles. The molecule has 27 heavy (non-hydrogen) atoms. The second-order valence-electron chi connectivity index (χ2n) is 7.39. The van der Waals surface area contributed by atoms with Gasteiger partial charge in [-0.15, -0.1) is 0 Å². The minimum atomic E-state index is -0.645. The summed E-state index contributed by atoms with van der Waals surface area (Å²) < 4.78 is 32.9. The van der Waals surface area contributed by atoms with Gasteiger partial charge in [-0.05, 0) is 57.0 Å². The van der Waals surface area contributed by atoms with Gasteiger partial charge in [-0.1, -0.05) is 30.3 Å². The summed E-state index contributed by atoms with van der Waals surface area (Å²) in [5.74, 6) is -1.60. The number of hydrogen-bond acceptors (Lipinski definition) is 3. The molecule has 0 radical (unpaired) electrons. The van der Waals surface area contributed by atoms with Crippen LogP contribution in [0.2, 0.25) is 0 Å². The molecule has 0 aromatic heterocycles. The van der Waals surface area contributed by atoms with Gasteiger partial charge in [0.1, 0.15) is 17.2 Å². The van der Waals surface area contributed by atoms with E-state index in [1.807, 2.05) is 37.3 Å². The van der Waals surface area contributed by atoms with E-state index in [4.69, 9.17) is 4.74 Å². The molecule has 1 atom stereocenters. The van der Waals surface area contributed by atoms with Crippen molar-refractivity contribution in [2.75, 3.05) is 0 Å². The number of benzene rings is 2. The Morgan fingerprint density at radius 3 is 2.44 bits per heavy atom. The molecule has 144 valence electrons. The molecule has 0 aliphatic carbocycles. The van der Waals surface area contributed by atoms with Gasteiger partial charge in [0, 0.05) is 24.2 Å². The van der Waals surface area contributed by atoms with Crippen molar-refractivity contribution in [3.63, 3.8) is 0 Å². The average Bonchev–Trinajstić information content (AvgIpc) is 2.57. The summed E-state index contributed by atoms with van der Waals surface area (Å²) in [6, 6.07) is 12.8. The van der Waals surface area contributed by atoms with Gasteiger partial charge in [0.2, 0.25) is 0 Å². The van der Waals surface area contributed by atoms with Gasteiger partial charge in [-0.3, -0.25) is 0 Å². The Hall–Kier alpha value is -2.69. The monoisotopic (exact) mass is 373 g/mol. The number of halogens is 2. The van der Waals surface area contributed by atoms with Crippen LogP contribution >= 0.6 is 0 Å². The molecule has 5 heteroatoms. The van der Waals surface area contributed by atoms with Crippen molar-refractivity contribution in [3.05, 3.63) is 83.1 Å². The van der Waals surface area contributed by atoms with Crippen molar-refractivity contribution in [2.45, 2.75) is 45.8 Å². The topological polar surface area (TPSA) is 38.3 Å². The molecule has 0 amide bonds. The van der Waals surface area contributed by atoms with Crippen molar-refractivity contribution in [1.29, 1.82) is 0 Å². The van der Waals surface area contributed by atoms with Gasteiger partial charge >= 0.3 is 5.97 Å². The van der Waals surface area contributed by atoms with Crippen LogP contribution in [-0.2, 0) is 16.0 Å². The minimum absolute atomic E-state index is 0.0417. The zero-order valence-corrected chi connectivity index (χ0v) is 16.1. The summed E-state index contributed by atoms with van der Waals surface area (Å²) in [5.41, 5.74) is 0.975. The Kier molecular flexibility index (Phi) is 6.72. The summed E-state index contributed by atoms with van der Waals surface area (Å²) in [6.45, 7) is 7.24. The van der Waals surface area contributed by atoms with E-state index in [9.17, 15) is 13.6 Å². The largest absolute Gasteiger partial charge is 0.457 e. The fourth-order valence-electron chi connectivity index (χ4n) is 2.60. The zero-order chi connectivity index (χ0) is 20.0. The molecule has 0 bridgehead atoms. The second-order valence-corrected chi connectivity index (χ2v) is 7.39. The molecular weight excluding hydrogens is 348 g/mol. The van der Waals surface area contributed by atoms with Crippen LogP contribution in [0.5, 0.6) is 0 Å². The molecule has 1 N–H and O–H groups in total. The lowest BCUT2D eigenvalue weighted by Crippen LogP contribution is -2.25. The van der Waals surface area contributed by atoms with Crippen LogP contribution in [0, 0.1) is 11.6 Å². The van der Waals surface area contributed by atoms with Crippen molar-refractivity contribution in [3.8, 4) is 0 Å². The van der Waals surface area contributed by atoms with Gasteiger partial charge in [0.05, 0.1) is 0 Å². The lowest BCUT2D eigenvalue weighted by atomic mass is 10.1. The first kappa shape index (κ1) is 20.6. The van der Waals surface area contributed by atoms with Gasteiger partial charge in [0.25, 0.3) is 0 Å². The Morgan fingerprint density at radius 1 is 1.15 bits per heavy atom. The molecule has 0 aliphatic heterocycles. The molecular formula is C22H25F2NO2. The maximum absolute atomic E-state index is 14.1. The highest BCUT2D eigenvalue weighted by atomic mass is 19.1. The number of rotatable bonds is 6. The van der Waals surface area contributed by atoms with E-state index in [1.54, 1.807) is 20.8 Å². The number of carbonyl (C=O) groups is 1. The van der Waals surface area contributed by atoms with Gasteiger partial charge in [-0.25, -0.2) is 13.6 Å². The highest BCUT2D eigenvalue weighted by Crippen LogP contribution is 2.18. The SMILES string of the molecule is C[C@@H](N/C(=C\C(=O)OC(C)(C)C)Cc1cc(F)ccc1F)c1ccccc1. The first-order valence-corrected chi connectivity index (χ1v) is 8.83. The van der Waals surface area contributed by atoms with E-state index in [-0.39, 0.29) is 18.0 Å². The van der Waals surface area contributed by atoms with E-state index in [2.05, 4.69) is 5.32 Å². The van der Waals surface area contributed by atoms with Crippen molar-refractivity contribution in [2.24, 2.45) is 0 Å². The number of carbonyl (C=O) groups excluding carboxylic acids is 1. The van der Waals surface area contributed by atoms with Crippen molar-refractivity contribution < 1.29 is 18.3 Å². The van der Waals surface area contributed by atoms with Crippen LogP contribution in [0.3, 0.4) is 0 Å². The molecule has 0 heterocycles. The summed E-state index contributed by atoms with van der Waals surface area (Å²) in [5, 5.41) is 3.22. The number of allylic oxidation sites excluding steroid dienone is 1. The lowest BCUT2D eigenvalue weighted by Gasteiger charge is -2.21. The predicted octanol–water partition coefficient (Wildman–Crippen LogP) is 5.08. The fraction of sp³-hybridized carbons (Fsp3) is 0.318. The number of hydrogen-bond donors (Lipinski definition) is 1. The van der Waals surface area contributed by atoms with Crippen molar-refractivity contribution >= 4 is 5.97 Å². The Morgan fingerprint density at radius 2 is 1.81 bits per heavy atom. The van der Waals surface area contributed by atoms with Crippen molar-refractivity contribution in [1.82, 2.24) is 5.32 Å². The predicted molar refractivity (Wildman–Crippen MR) is 102 cm³/mol. The molecule has 0 spiro atoms. The van der Waals surface area contributed by atoms with Crippen LogP contribution in [0.25, 0.3) is 0 Å². The van der Waals surface area contributed by atoms with Crippen LogP contribution < -0.4 is 5.32 Å². The quantitative estimate of drug-likeness (QED) is 0.567. The summed E-state index contributed by atoms with van der Waals surface area (Å²) in [6.07, 6.45) is 1.34. The smallest absolute Gasteiger partial charge is 0.333 e. The number of ether oxygens (including phenoxy) is 1. The summed E-state index contributed by atoms with van der Waals surface area (Å²) >= 11 is 0. The maximum atomic E-state index is 14.1. The maximum Gasteiger partial charge on any atom is 0.333 e. The number of esters is 1. The summed E-state index contributed by atoms with van der Waals surface area (Å²) in [4.78, 5) is 12.2. The summed E-state index contributed by atoms with van der Waals surface area (Å²) in [7, 11) is 0.